The molecule has 1 aromatic rings. The van der Waals surface area contributed by atoms with Gasteiger partial charge in [-0.15, -0.1) is 0 Å². The van der Waals surface area contributed by atoms with Crippen molar-refractivity contribution in [3.8, 4) is 5.75 Å². The minimum Gasteiger partial charge on any atom is -0.492 e. The third-order valence-corrected chi connectivity index (χ3v) is 2.65. The van der Waals surface area contributed by atoms with Crippen molar-refractivity contribution in [3.63, 3.8) is 0 Å². The first-order valence-electron chi connectivity index (χ1n) is 5.28. The first kappa shape index (κ1) is 12.3. The molecule has 0 fully saturated rings. The molecule has 1 unspecified atom stereocenters. The van der Waals surface area contributed by atoms with Gasteiger partial charge >= 0.3 is 0 Å². The number of rotatable bonds is 5. The van der Waals surface area contributed by atoms with Crippen LogP contribution >= 0.6 is 11.6 Å². The highest BCUT2D eigenvalue weighted by molar-refractivity contribution is 6.32. The molecule has 0 bridgehead atoms. The van der Waals surface area contributed by atoms with E-state index in [0.717, 1.165) is 12.2 Å². The Balaban J connectivity index is 2.78. The average molecular weight is 228 g/mol. The second kappa shape index (κ2) is 5.99. The first-order valence-corrected chi connectivity index (χ1v) is 5.66. The fourth-order valence-electron chi connectivity index (χ4n) is 1.28. The van der Waals surface area contributed by atoms with E-state index in [1.165, 1.54) is 5.56 Å². The zero-order chi connectivity index (χ0) is 11.3. The average Bonchev–Trinajstić information content (AvgIpc) is 2.26. The molecule has 0 saturated carbocycles. The van der Waals surface area contributed by atoms with E-state index >= 15 is 0 Å². The van der Waals surface area contributed by atoms with Gasteiger partial charge in [0.05, 0.1) is 11.6 Å². The molecule has 1 rings (SSSR count). The molecule has 0 radical (unpaired) electrons. The number of nitrogens with one attached hydrogen (secondary N) is 1. The Bertz CT molecular complexity index is 314. The molecule has 0 aliphatic carbocycles. The summed E-state index contributed by atoms with van der Waals surface area (Å²) in [6.07, 6.45) is 0.991. The van der Waals surface area contributed by atoms with Crippen LogP contribution in [0.15, 0.2) is 18.2 Å². The quantitative estimate of drug-likeness (QED) is 0.833. The number of hydrogen-bond donors (Lipinski definition) is 1. The van der Waals surface area contributed by atoms with Gasteiger partial charge in [-0.25, -0.2) is 0 Å². The van der Waals surface area contributed by atoms with Crippen molar-refractivity contribution in [2.75, 3.05) is 13.7 Å². The van der Waals surface area contributed by atoms with Crippen molar-refractivity contribution < 1.29 is 4.74 Å². The fraction of sp³-hybridized carbons (Fsp3) is 0.500. The molecule has 0 amide bonds. The van der Waals surface area contributed by atoms with Crippen LogP contribution in [0.4, 0.5) is 0 Å². The van der Waals surface area contributed by atoms with Crippen LogP contribution in [0.3, 0.4) is 0 Å². The molecule has 1 N–H and O–H groups in total. The van der Waals surface area contributed by atoms with Gasteiger partial charge in [-0.2, -0.15) is 0 Å². The Morgan fingerprint density at radius 3 is 2.73 bits per heavy atom. The molecule has 0 aliphatic heterocycles. The minimum atomic E-state index is 0.308. The Morgan fingerprint density at radius 2 is 2.20 bits per heavy atom. The number of hydrogen-bond acceptors (Lipinski definition) is 2. The molecule has 84 valence electrons. The normalized spacial score (nSPS) is 12.5. The molecule has 0 spiro atoms. The number of halogens is 1. The fourth-order valence-corrected chi connectivity index (χ4v) is 1.53. The molecule has 0 saturated heterocycles. The summed E-state index contributed by atoms with van der Waals surface area (Å²) in [4.78, 5) is 0. The number of benzene rings is 1. The lowest BCUT2D eigenvalue weighted by molar-refractivity contribution is 0.317. The van der Waals surface area contributed by atoms with E-state index in [1.807, 2.05) is 25.2 Å². The van der Waals surface area contributed by atoms with E-state index in [1.54, 1.807) is 0 Å². The van der Waals surface area contributed by atoms with Crippen LogP contribution in [-0.4, -0.2) is 13.7 Å². The van der Waals surface area contributed by atoms with Gasteiger partial charge in [0.15, 0.2) is 0 Å². The SMILES string of the molecule is CCCOc1ccc(C(C)NC)cc1Cl. The van der Waals surface area contributed by atoms with Crippen LogP contribution in [0.5, 0.6) is 5.75 Å². The van der Waals surface area contributed by atoms with Gasteiger partial charge in [-0.05, 0) is 38.1 Å². The lowest BCUT2D eigenvalue weighted by atomic mass is 10.1. The van der Waals surface area contributed by atoms with Gasteiger partial charge in [0.25, 0.3) is 0 Å². The van der Waals surface area contributed by atoms with Crippen molar-refractivity contribution in [3.05, 3.63) is 28.8 Å². The maximum absolute atomic E-state index is 6.11. The van der Waals surface area contributed by atoms with E-state index < -0.39 is 0 Å². The molecular formula is C12H18ClNO. The molecule has 0 aromatic heterocycles. The highest BCUT2D eigenvalue weighted by Gasteiger charge is 2.06. The van der Waals surface area contributed by atoms with Crippen LogP contribution in [-0.2, 0) is 0 Å². The third-order valence-electron chi connectivity index (χ3n) is 2.35. The predicted octanol–water partition coefficient (Wildman–Crippen LogP) is 3.41. The zero-order valence-corrected chi connectivity index (χ0v) is 10.3. The van der Waals surface area contributed by atoms with Crippen LogP contribution in [0.1, 0.15) is 31.9 Å². The van der Waals surface area contributed by atoms with Crippen molar-refractivity contribution in [1.29, 1.82) is 0 Å². The van der Waals surface area contributed by atoms with Gasteiger partial charge in [0.1, 0.15) is 5.75 Å². The summed E-state index contributed by atoms with van der Waals surface area (Å²) < 4.78 is 5.50. The summed E-state index contributed by atoms with van der Waals surface area (Å²) in [5.41, 5.74) is 1.17. The van der Waals surface area contributed by atoms with E-state index in [0.29, 0.717) is 17.7 Å². The standard InChI is InChI=1S/C12H18ClNO/c1-4-7-15-12-6-5-10(8-11(12)13)9(2)14-3/h5-6,8-9,14H,4,7H2,1-3H3. The lowest BCUT2D eigenvalue weighted by Crippen LogP contribution is -2.12. The largest absolute Gasteiger partial charge is 0.492 e. The van der Waals surface area contributed by atoms with Crippen molar-refractivity contribution in [1.82, 2.24) is 5.32 Å². The second-order valence-corrected chi connectivity index (χ2v) is 3.96. The van der Waals surface area contributed by atoms with Gasteiger partial charge in [0, 0.05) is 6.04 Å². The summed E-state index contributed by atoms with van der Waals surface area (Å²) >= 11 is 6.11. The maximum Gasteiger partial charge on any atom is 0.137 e. The van der Waals surface area contributed by atoms with Crippen LogP contribution in [0.2, 0.25) is 5.02 Å². The third kappa shape index (κ3) is 3.40. The predicted molar refractivity (Wildman–Crippen MR) is 64.7 cm³/mol. The molecule has 0 heterocycles. The molecule has 1 atom stereocenters. The Morgan fingerprint density at radius 1 is 1.47 bits per heavy atom. The summed E-state index contributed by atoms with van der Waals surface area (Å²) in [5, 5.41) is 3.85. The van der Waals surface area contributed by atoms with Crippen molar-refractivity contribution in [2.24, 2.45) is 0 Å². The molecule has 1 aromatic carbocycles. The lowest BCUT2D eigenvalue weighted by Gasteiger charge is -2.13. The van der Waals surface area contributed by atoms with Crippen molar-refractivity contribution in [2.45, 2.75) is 26.3 Å². The summed E-state index contributed by atoms with van der Waals surface area (Å²) in [5.74, 6) is 0.769. The minimum absolute atomic E-state index is 0.308. The summed E-state index contributed by atoms with van der Waals surface area (Å²) in [6.45, 7) is 4.88. The molecular weight excluding hydrogens is 210 g/mol. The van der Waals surface area contributed by atoms with Gasteiger partial charge < -0.3 is 10.1 Å². The smallest absolute Gasteiger partial charge is 0.137 e. The van der Waals surface area contributed by atoms with Gasteiger partial charge in [-0.1, -0.05) is 24.6 Å². The number of ether oxygens (including phenoxy) is 1. The summed E-state index contributed by atoms with van der Waals surface area (Å²) in [7, 11) is 1.93. The Kier molecular flexibility index (Phi) is 4.92. The van der Waals surface area contributed by atoms with Crippen LogP contribution < -0.4 is 10.1 Å². The van der Waals surface area contributed by atoms with Gasteiger partial charge in [0.2, 0.25) is 0 Å². The second-order valence-electron chi connectivity index (χ2n) is 3.55. The maximum atomic E-state index is 6.11. The van der Waals surface area contributed by atoms with E-state index in [9.17, 15) is 0 Å². The highest BCUT2D eigenvalue weighted by atomic mass is 35.5. The zero-order valence-electron chi connectivity index (χ0n) is 9.51. The van der Waals surface area contributed by atoms with E-state index in [2.05, 4.69) is 19.2 Å². The monoisotopic (exact) mass is 227 g/mol. The molecule has 2 nitrogen and oxygen atoms in total. The molecule has 15 heavy (non-hydrogen) atoms. The first-order chi connectivity index (χ1) is 7.19. The highest BCUT2D eigenvalue weighted by Crippen LogP contribution is 2.27. The van der Waals surface area contributed by atoms with Crippen LogP contribution in [0.25, 0.3) is 0 Å². The topological polar surface area (TPSA) is 21.3 Å². The van der Waals surface area contributed by atoms with Crippen LogP contribution in [0, 0.1) is 0 Å². The Hall–Kier alpha value is -0.730. The van der Waals surface area contributed by atoms with E-state index in [4.69, 9.17) is 16.3 Å². The summed E-state index contributed by atoms with van der Waals surface area (Å²) in [6, 6.07) is 6.23. The molecule has 0 aliphatic rings. The molecule has 3 heteroatoms. The van der Waals surface area contributed by atoms with E-state index in [-0.39, 0.29) is 0 Å². The van der Waals surface area contributed by atoms with Crippen molar-refractivity contribution >= 4 is 11.6 Å². The van der Waals surface area contributed by atoms with Gasteiger partial charge in [-0.3, -0.25) is 0 Å². The Labute approximate surface area is 96.6 Å².